The molecule has 1 fully saturated rings. The minimum Gasteiger partial charge on any atom is -0.368 e. The predicted octanol–water partition coefficient (Wildman–Crippen LogP) is 2.68. The van der Waals surface area contributed by atoms with E-state index in [9.17, 15) is 4.79 Å². The molecule has 2 aromatic rings. The van der Waals surface area contributed by atoms with Crippen LogP contribution < -0.4 is 15.5 Å². The van der Waals surface area contributed by atoms with Crippen LogP contribution in [0.5, 0.6) is 0 Å². The summed E-state index contributed by atoms with van der Waals surface area (Å²) < 4.78 is 0. The zero-order chi connectivity index (χ0) is 21.3. The standard InChI is InChI=1S/C24H33N5O/c1-4-26-24(27-12-11-20-8-6-9-21(18-20)23(30)25-3)29-15-13-28(14-16-29)22-10-5-7-19(2)17-22/h5-10,17-18H,4,11-16H2,1-3H3,(H,25,30)(H,26,27). The highest BCUT2D eigenvalue weighted by atomic mass is 16.1. The number of benzene rings is 2. The lowest BCUT2D eigenvalue weighted by Gasteiger charge is -2.37. The number of amides is 1. The lowest BCUT2D eigenvalue weighted by atomic mass is 10.1. The van der Waals surface area contributed by atoms with Crippen LogP contribution in [-0.4, -0.2) is 63.1 Å². The van der Waals surface area contributed by atoms with Crippen LogP contribution in [0.25, 0.3) is 0 Å². The number of nitrogens with zero attached hydrogens (tertiary/aromatic N) is 3. The number of hydrogen-bond acceptors (Lipinski definition) is 3. The van der Waals surface area contributed by atoms with Crippen LogP contribution in [-0.2, 0) is 6.42 Å². The molecule has 6 heteroatoms. The van der Waals surface area contributed by atoms with E-state index in [0.29, 0.717) is 12.1 Å². The first-order valence-electron chi connectivity index (χ1n) is 10.8. The third-order valence-electron chi connectivity index (χ3n) is 5.36. The van der Waals surface area contributed by atoms with Gasteiger partial charge in [-0.15, -0.1) is 0 Å². The van der Waals surface area contributed by atoms with E-state index < -0.39 is 0 Å². The average molecular weight is 408 g/mol. The summed E-state index contributed by atoms with van der Waals surface area (Å²) in [4.78, 5) is 21.5. The molecule has 0 aliphatic carbocycles. The van der Waals surface area contributed by atoms with E-state index in [-0.39, 0.29) is 5.91 Å². The molecule has 0 atom stereocenters. The maximum absolute atomic E-state index is 11.8. The number of guanidine groups is 1. The molecule has 30 heavy (non-hydrogen) atoms. The Kier molecular flexibility index (Phi) is 7.71. The molecule has 1 amide bonds. The van der Waals surface area contributed by atoms with Crippen molar-refractivity contribution in [1.82, 2.24) is 15.5 Å². The van der Waals surface area contributed by atoms with Crippen LogP contribution >= 0.6 is 0 Å². The summed E-state index contributed by atoms with van der Waals surface area (Å²) in [7, 11) is 1.65. The fourth-order valence-electron chi connectivity index (χ4n) is 3.73. The molecule has 160 valence electrons. The van der Waals surface area contributed by atoms with Crippen LogP contribution in [0.1, 0.15) is 28.4 Å². The molecule has 0 aromatic heterocycles. The van der Waals surface area contributed by atoms with Gasteiger partial charge in [0.2, 0.25) is 0 Å². The zero-order valence-corrected chi connectivity index (χ0v) is 18.3. The summed E-state index contributed by atoms with van der Waals surface area (Å²) in [6, 6.07) is 16.5. The molecule has 1 aliphatic rings. The van der Waals surface area contributed by atoms with Crippen LogP contribution in [0.2, 0.25) is 0 Å². The molecule has 0 bridgehead atoms. The molecule has 1 heterocycles. The fourth-order valence-corrected chi connectivity index (χ4v) is 3.73. The summed E-state index contributed by atoms with van der Waals surface area (Å²) in [5.41, 5.74) is 4.41. The number of rotatable bonds is 6. The summed E-state index contributed by atoms with van der Waals surface area (Å²) in [6.07, 6.45) is 0.809. The molecule has 1 saturated heterocycles. The van der Waals surface area contributed by atoms with Gasteiger partial charge in [-0.05, 0) is 55.7 Å². The van der Waals surface area contributed by atoms with Gasteiger partial charge in [-0.2, -0.15) is 0 Å². The normalized spacial score (nSPS) is 14.6. The van der Waals surface area contributed by atoms with Gasteiger partial charge in [-0.1, -0.05) is 24.3 Å². The molecule has 0 spiro atoms. The summed E-state index contributed by atoms with van der Waals surface area (Å²) in [5.74, 6) is 0.920. The highest BCUT2D eigenvalue weighted by Gasteiger charge is 2.19. The second-order valence-electron chi connectivity index (χ2n) is 7.58. The number of anilines is 1. The van der Waals surface area contributed by atoms with Crippen LogP contribution in [0.3, 0.4) is 0 Å². The second kappa shape index (κ2) is 10.7. The van der Waals surface area contributed by atoms with Gasteiger partial charge in [0.1, 0.15) is 0 Å². The molecule has 2 aromatic carbocycles. The third kappa shape index (κ3) is 5.75. The van der Waals surface area contributed by atoms with E-state index in [2.05, 4.69) is 64.6 Å². The van der Waals surface area contributed by atoms with Crippen molar-refractivity contribution in [2.75, 3.05) is 51.2 Å². The number of aryl methyl sites for hydroxylation is 1. The summed E-state index contributed by atoms with van der Waals surface area (Å²) in [5, 5.41) is 6.11. The van der Waals surface area contributed by atoms with Crippen LogP contribution in [0, 0.1) is 6.92 Å². The monoisotopic (exact) mass is 407 g/mol. The van der Waals surface area contributed by atoms with Crippen molar-refractivity contribution in [1.29, 1.82) is 0 Å². The zero-order valence-electron chi connectivity index (χ0n) is 18.3. The van der Waals surface area contributed by atoms with Crippen molar-refractivity contribution in [3.63, 3.8) is 0 Å². The van der Waals surface area contributed by atoms with Gasteiger partial charge in [-0.25, -0.2) is 0 Å². The molecule has 0 radical (unpaired) electrons. The number of carbonyl (C=O) groups is 1. The molecule has 6 nitrogen and oxygen atoms in total. The van der Waals surface area contributed by atoms with Crippen LogP contribution in [0.15, 0.2) is 53.5 Å². The Morgan fingerprint density at radius 3 is 2.53 bits per heavy atom. The van der Waals surface area contributed by atoms with Gasteiger partial charge in [0.05, 0.1) is 0 Å². The molecule has 0 unspecified atom stereocenters. The summed E-state index contributed by atoms with van der Waals surface area (Å²) >= 11 is 0. The smallest absolute Gasteiger partial charge is 0.251 e. The predicted molar refractivity (Wildman–Crippen MR) is 124 cm³/mol. The first-order chi connectivity index (χ1) is 14.6. The van der Waals surface area contributed by atoms with E-state index in [0.717, 1.165) is 50.7 Å². The van der Waals surface area contributed by atoms with E-state index in [1.807, 2.05) is 18.2 Å². The van der Waals surface area contributed by atoms with Crippen LogP contribution in [0.4, 0.5) is 5.69 Å². The largest absolute Gasteiger partial charge is 0.368 e. The SMILES string of the molecule is CCNC(=NCCc1cccc(C(=O)NC)c1)N1CCN(c2cccc(C)c2)CC1. The number of aliphatic imine (C=N–C) groups is 1. The van der Waals surface area contributed by atoms with Crippen molar-refractivity contribution in [2.45, 2.75) is 20.3 Å². The van der Waals surface area contributed by atoms with E-state index in [4.69, 9.17) is 4.99 Å². The molecule has 2 N–H and O–H groups in total. The Labute approximate surface area is 180 Å². The van der Waals surface area contributed by atoms with Crippen molar-refractivity contribution in [2.24, 2.45) is 4.99 Å². The molecule has 3 rings (SSSR count). The van der Waals surface area contributed by atoms with Crippen molar-refractivity contribution in [3.05, 3.63) is 65.2 Å². The van der Waals surface area contributed by atoms with Gasteiger partial charge in [-0.3, -0.25) is 9.79 Å². The lowest BCUT2D eigenvalue weighted by Crippen LogP contribution is -2.52. The summed E-state index contributed by atoms with van der Waals surface area (Å²) in [6.45, 7) is 9.66. The fraction of sp³-hybridized carbons (Fsp3) is 0.417. The van der Waals surface area contributed by atoms with Crippen molar-refractivity contribution < 1.29 is 4.79 Å². The van der Waals surface area contributed by atoms with Gasteiger partial charge in [0.15, 0.2) is 5.96 Å². The first kappa shape index (κ1) is 21.7. The molecule has 0 saturated carbocycles. The van der Waals surface area contributed by atoms with Gasteiger partial charge in [0.25, 0.3) is 5.91 Å². The Morgan fingerprint density at radius 2 is 1.83 bits per heavy atom. The topological polar surface area (TPSA) is 60.0 Å². The van der Waals surface area contributed by atoms with E-state index in [1.165, 1.54) is 11.3 Å². The molecular formula is C24H33N5O. The van der Waals surface area contributed by atoms with Crippen molar-refractivity contribution >= 4 is 17.6 Å². The minimum atomic E-state index is -0.0554. The Balaban J connectivity index is 1.58. The third-order valence-corrected chi connectivity index (χ3v) is 5.36. The van der Waals surface area contributed by atoms with Gasteiger partial charge in [0, 0.05) is 57.6 Å². The second-order valence-corrected chi connectivity index (χ2v) is 7.58. The molecule has 1 aliphatic heterocycles. The Morgan fingerprint density at radius 1 is 1.07 bits per heavy atom. The minimum absolute atomic E-state index is 0.0554. The lowest BCUT2D eigenvalue weighted by molar-refractivity contribution is 0.0963. The van der Waals surface area contributed by atoms with E-state index >= 15 is 0 Å². The highest BCUT2D eigenvalue weighted by Crippen LogP contribution is 2.18. The highest BCUT2D eigenvalue weighted by molar-refractivity contribution is 5.94. The van der Waals surface area contributed by atoms with Gasteiger partial charge >= 0.3 is 0 Å². The quantitative estimate of drug-likeness (QED) is 0.571. The Hall–Kier alpha value is -3.02. The number of hydrogen-bond donors (Lipinski definition) is 2. The maximum Gasteiger partial charge on any atom is 0.251 e. The Bertz CT molecular complexity index is 871. The van der Waals surface area contributed by atoms with Gasteiger partial charge < -0.3 is 20.4 Å². The average Bonchev–Trinajstić information content (AvgIpc) is 2.78. The number of carbonyl (C=O) groups excluding carboxylic acids is 1. The van der Waals surface area contributed by atoms with E-state index in [1.54, 1.807) is 7.05 Å². The van der Waals surface area contributed by atoms with Crippen molar-refractivity contribution in [3.8, 4) is 0 Å². The number of piperazine rings is 1. The number of nitrogens with one attached hydrogen (secondary N) is 2. The first-order valence-corrected chi connectivity index (χ1v) is 10.8. The molecular weight excluding hydrogens is 374 g/mol. The maximum atomic E-state index is 11.8.